The van der Waals surface area contributed by atoms with Crippen molar-refractivity contribution in [2.45, 2.75) is 34.3 Å². The van der Waals surface area contributed by atoms with Crippen molar-refractivity contribution in [2.75, 3.05) is 19.3 Å². The number of aromatic nitrogens is 1. The van der Waals surface area contributed by atoms with Gasteiger partial charge in [-0.05, 0) is 54.7 Å². The number of hydrogen-bond donors (Lipinski definition) is 1. The van der Waals surface area contributed by atoms with Gasteiger partial charge in [0.05, 0.1) is 10.6 Å². The smallest absolute Gasteiger partial charge is 0.407 e. The lowest BCUT2D eigenvalue weighted by atomic mass is 9.90. The van der Waals surface area contributed by atoms with Crippen molar-refractivity contribution in [3.63, 3.8) is 0 Å². The topological polar surface area (TPSA) is 87.6 Å². The number of hydrogen-bond acceptors (Lipinski definition) is 5. The zero-order chi connectivity index (χ0) is 19.4. The highest BCUT2D eigenvalue weighted by Crippen LogP contribution is 2.29. The second kappa shape index (κ2) is 8.31. The minimum Gasteiger partial charge on any atom is -0.465 e. The van der Waals surface area contributed by atoms with E-state index in [4.69, 9.17) is 5.11 Å². The van der Waals surface area contributed by atoms with Gasteiger partial charge in [-0.3, -0.25) is 4.98 Å². The zero-order valence-corrected chi connectivity index (χ0v) is 16.7. The molecule has 0 radical (unpaired) electrons. The molecular formula is C19H22N2O4S2. The predicted octanol–water partition coefficient (Wildman–Crippen LogP) is 3.63. The largest absolute Gasteiger partial charge is 0.465 e. The van der Waals surface area contributed by atoms with Gasteiger partial charge in [0, 0.05) is 36.2 Å². The van der Waals surface area contributed by atoms with E-state index in [-0.39, 0.29) is 0 Å². The number of amides is 1. The summed E-state index contributed by atoms with van der Waals surface area (Å²) in [5.74, 6) is 1.06. The number of pyridine rings is 1. The van der Waals surface area contributed by atoms with E-state index in [1.807, 2.05) is 24.4 Å². The number of nitrogens with zero attached hydrogens (tertiary/aromatic N) is 2. The number of piperidine rings is 1. The Kier molecular flexibility index (Phi) is 6.06. The lowest BCUT2D eigenvalue weighted by Gasteiger charge is -2.30. The first kappa shape index (κ1) is 19.7. The number of benzene rings is 1. The molecule has 0 atom stereocenters. The molecule has 0 unspecified atom stereocenters. The Hall–Kier alpha value is -2.06. The van der Waals surface area contributed by atoms with Gasteiger partial charge in [-0.25, -0.2) is 13.2 Å². The fraction of sp³-hybridized carbons (Fsp3) is 0.368. The van der Waals surface area contributed by atoms with Crippen molar-refractivity contribution >= 4 is 27.7 Å². The van der Waals surface area contributed by atoms with Crippen LogP contribution >= 0.6 is 11.8 Å². The van der Waals surface area contributed by atoms with Gasteiger partial charge in [0.25, 0.3) is 0 Å². The fourth-order valence-electron chi connectivity index (χ4n) is 3.11. The third-order valence-corrected chi connectivity index (χ3v) is 6.90. The Morgan fingerprint density at radius 2 is 1.85 bits per heavy atom. The molecule has 1 aliphatic heterocycles. The van der Waals surface area contributed by atoms with E-state index in [9.17, 15) is 13.2 Å². The normalized spacial score (nSPS) is 15.7. The van der Waals surface area contributed by atoms with Gasteiger partial charge in [0.15, 0.2) is 9.84 Å². The molecule has 2 heterocycles. The molecule has 144 valence electrons. The summed E-state index contributed by atoms with van der Waals surface area (Å²) in [6.45, 7) is 1.14. The molecule has 1 aromatic heterocycles. The highest BCUT2D eigenvalue weighted by atomic mass is 32.2. The van der Waals surface area contributed by atoms with Gasteiger partial charge in [0.1, 0.15) is 0 Å². The standard InChI is InChI=1S/C19H22N2O4S2/c1-27(24,25)18-6-4-17(5-7-18)26-13-16-3-2-15(12-20-16)14-8-10-21(11-9-14)19(22)23/h2-7,12,14H,8-11,13H2,1H3,(H,22,23). The number of carboxylic acid groups (broad SMARTS) is 1. The van der Waals surface area contributed by atoms with Crippen LogP contribution in [0.2, 0.25) is 0 Å². The number of rotatable bonds is 5. The Balaban J connectivity index is 1.54. The van der Waals surface area contributed by atoms with Gasteiger partial charge in [-0.15, -0.1) is 11.8 Å². The summed E-state index contributed by atoms with van der Waals surface area (Å²) in [6.07, 6.45) is 3.91. The number of carbonyl (C=O) groups is 1. The zero-order valence-electron chi connectivity index (χ0n) is 15.0. The van der Waals surface area contributed by atoms with E-state index in [2.05, 4.69) is 11.1 Å². The number of sulfone groups is 1. The summed E-state index contributed by atoms with van der Waals surface area (Å²) in [7, 11) is -3.17. The van der Waals surface area contributed by atoms with Gasteiger partial charge in [-0.1, -0.05) is 6.07 Å². The molecular weight excluding hydrogens is 384 g/mol. The predicted molar refractivity (Wildman–Crippen MR) is 105 cm³/mol. The summed E-state index contributed by atoms with van der Waals surface area (Å²) in [4.78, 5) is 18.3. The summed E-state index contributed by atoms with van der Waals surface area (Å²) in [6, 6.07) is 11.0. The molecule has 1 aliphatic rings. The SMILES string of the molecule is CS(=O)(=O)c1ccc(SCc2ccc(C3CCN(C(=O)O)CC3)cn2)cc1. The highest BCUT2D eigenvalue weighted by molar-refractivity contribution is 7.98. The Morgan fingerprint density at radius 1 is 1.19 bits per heavy atom. The maximum absolute atomic E-state index is 11.5. The van der Waals surface area contributed by atoms with Crippen LogP contribution in [0.5, 0.6) is 0 Å². The molecule has 1 saturated heterocycles. The summed E-state index contributed by atoms with van der Waals surface area (Å²) >= 11 is 1.61. The molecule has 27 heavy (non-hydrogen) atoms. The average molecular weight is 407 g/mol. The molecule has 3 rings (SSSR count). The molecule has 0 bridgehead atoms. The van der Waals surface area contributed by atoms with Crippen LogP contribution in [0.15, 0.2) is 52.4 Å². The first-order valence-electron chi connectivity index (χ1n) is 8.68. The van der Waals surface area contributed by atoms with Crippen LogP contribution in [0.3, 0.4) is 0 Å². The molecule has 2 aromatic rings. The van der Waals surface area contributed by atoms with Crippen molar-refractivity contribution in [3.05, 3.63) is 53.9 Å². The molecule has 1 amide bonds. The Morgan fingerprint density at radius 3 is 2.37 bits per heavy atom. The molecule has 0 aliphatic carbocycles. The van der Waals surface area contributed by atoms with Crippen LogP contribution in [-0.2, 0) is 15.6 Å². The second-order valence-electron chi connectivity index (χ2n) is 6.66. The van der Waals surface area contributed by atoms with Crippen molar-refractivity contribution in [3.8, 4) is 0 Å². The van der Waals surface area contributed by atoms with Crippen molar-refractivity contribution < 1.29 is 18.3 Å². The Labute approximate surface area is 163 Å². The Bertz CT molecular complexity index is 888. The monoisotopic (exact) mass is 406 g/mol. The minimum atomic E-state index is -3.17. The van der Waals surface area contributed by atoms with Crippen molar-refractivity contribution in [1.82, 2.24) is 9.88 Å². The van der Waals surface area contributed by atoms with Gasteiger partial charge >= 0.3 is 6.09 Å². The fourth-order valence-corrected chi connectivity index (χ4v) is 4.55. The van der Waals surface area contributed by atoms with E-state index < -0.39 is 15.9 Å². The highest BCUT2D eigenvalue weighted by Gasteiger charge is 2.23. The van der Waals surface area contributed by atoms with E-state index in [0.29, 0.717) is 29.7 Å². The van der Waals surface area contributed by atoms with E-state index in [1.54, 1.807) is 23.9 Å². The lowest BCUT2D eigenvalue weighted by Crippen LogP contribution is -2.36. The first-order chi connectivity index (χ1) is 12.8. The van der Waals surface area contributed by atoms with Crippen LogP contribution in [0, 0.1) is 0 Å². The molecule has 8 heteroatoms. The maximum Gasteiger partial charge on any atom is 0.407 e. The third kappa shape index (κ3) is 5.23. The van der Waals surface area contributed by atoms with E-state index in [0.717, 1.165) is 29.0 Å². The molecule has 6 nitrogen and oxygen atoms in total. The summed E-state index contributed by atoms with van der Waals surface area (Å²) in [5.41, 5.74) is 2.12. The second-order valence-corrected chi connectivity index (χ2v) is 9.72. The van der Waals surface area contributed by atoms with E-state index >= 15 is 0 Å². The third-order valence-electron chi connectivity index (χ3n) is 4.72. The molecule has 1 N–H and O–H groups in total. The van der Waals surface area contributed by atoms with Crippen LogP contribution < -0.4 is 0 Å². The average Bonchev–Trinajstić information content (AvgIpc) is 2.66. The summed E-state index contributed by atoms with van der Waals surface area (Å²) in [5, 5.41) is 9.02. The lowest BCUT2D eigenvalue weighted by molar-refractivity contribution is 0.132. The summed E-state index contributed by atoms with van der Waals surface area (Å²) < 4.78 is 23.0. The van der Waals surface area contributed by atoms with Gasteiger partial charge in [-0.2, -0.15) is 0 Å². The van der Waals surface area contributed by atoms with E-state index in [1.165, 1.54) is 11.2 Å². The van der Waals surface area contributed by atoms with Gasteiger partial charge < -0.3 is 10.0 Å². The van der Waals surface area contributed by atoms with Crippen LogP contribution in [0.25, 0.3) is 0 Å². The van der Waals surface area contributed by atoms with Crippen molar-refractivity contribution in [1.29, 1.82) is 0 Å². The van der Waals surface area contributed by atoms with Crippen molar-refractivity contribution in [2.24, 2.45) is 0 Å². The molecule has 0 saturated carbocycles. The molecule has 1 fully saturated rings. The maximum atomic E-state index is 11.5. The molecule has 0 spiro atoms. The minimum absolute atomic E-state index is 0.322. The number of likely N-dealkylation sites (tertiary alicyclic amines) is 1. The number of thioether (sulfide) groups is 1. The quantitative estimate of drug-likeness (QED) is 0.763. The first-order valence-corrected chi connectivity index (χ1v) is 11.6. The molecule has 1 aromatic carbocycles. The van der Waals surface area contributed by atoms with Crippen LogP contribution in [0.4, 0.5) is 4.79 Å². The van der Waals surface area contributed by atoms with Gasteiger partial charge in [0.2, 0.25) is 0 Å². The van der Waals surface area contributed by atoms with Crippen LogP contribution in [-0.4, -0.2) is 48.8 Å². The van der Waals surface area contributed by atoms with Crippen LogP contribution in [0.1, 0.15) is 30.0 Å².